The van der Waals surface area contributed by atoms with Gasteiger partial charge in [-0.1, -0.05) is 32.6 Å². The fraction of sp³-hybridized carbons (Fsp3) is 0.867. The van der Waals surface area contributed by atoms with Gasteiger partial charge in [0.2, 0.25) is 11.8 Å². The molecule has 2 fully saturated rings. The second-order valence-corrected chi connectivity index (χ2v) is 6.41. The summed E-state index contributed by atoms with van der Waals surface area (Å²) in [5.74, 6) is 1.01. The summed E-state index contributed by atoms with van der Waals surface area (Å²) in [5, 5.41) is 2.81. The lowest BCUT2D eigenvalue weighted by Gasteiger charge is -2.41. The summed E-state index contributed by atoms with van der Waals surface area (Å²) >= 11 is 4.19. The highest BCUT2D eigenvalue weighted by Gasteiger charge is 2.40. The standard InChI is InChI=1S/C15H26N2O2S/c1-2-6-13-14(18)16-12(10-20)15(19)17(13)9-11-7-4-3-5-8-11/h11-13,20H,2-10H2,1H3,(H,16,18). The van der Waals surface area contributed by atoms with E-state index in [1.807, 2.05) is 4.90 Å². The molecule has 2 rings (SSSR count). The fourth-order valence-electron chi connectivity index (χ4n) is 3.37. The number of amides is 2. The van der Waals surface area contributed by atoms with Gasteiger partial charge in [-0.15, -0.1) is 0 Å². The zero-order chi connectivity index (χ0) is 14.5. The SMILES string of the molecule is CCCC1C(=O)NC(CS)C(=O)N1CC1CCCCC1. The van der Waals surface area contributed by atoms with Gasteiger partial charge in [0, 0.05) is 12.3 Å². The molecule has 2 atom stereocenters. The molecular formula is C15H26N2O2S. The quantitative estimate of drug-likeness (QED) is 0.763. The molecule has 114 valence electrons. The molecule has 5 heteroatoms. The molecule has 1 aliphatic heterocycles. The first-order chi connectivity index (χ1) is 9.67. The van der Waals surface area contributed by atoms with Gasteiger partial charge in [0.25, 0.3) is 0 Å². The summed E-state index contributed by atoms with van der Waals surface area (Å²) in [6.07, 6.45) is 7.87. The Morgan fingerprint density at radius 3 is 2.55 bits per heavy atom. The Morgan fingerprint density at radius 1 is 1.25 bits per heavy atom. The number of thiol groups is 1. The van der Waals surface area contributed by atoms with Crippen molar-refractivity contribution < 1.29 is 9.59 Å². The lowest BCUT2D eigenvalue weighted by molar-refractivity contribution is -0.149. The molecule has 1 aliphatic carbocycles. The number of rotatable bonds is 5. The van der Waals surface area contributed by atoms with Crippen molar-refractivity contribution in [1.82, 2.24) is 10.2 Å². The molecule has 2 aliphatic rings. The summed E-state index contributed by atoms with van der Waals surface area (Å²) in [6, 6.07) is -0.715. The van der Waals surface area contributed by atoms with E-state index >= 15 is 0 Å². The van der Waals surface area contributed by atoms with Gasteiger partial charge < -0.3 is 10.2 Å². The van der Waals surface area contributed by atoms with Crippen LogP contribution in [0.15, 0.2) is 0 Å². The summed E-state index contributed by atoms with van der Waals surface area (Å²) in [7, 11) is 0. The first-order valence-electron chi connectivity index (χ1n) is 7.89. The van der Waals surface area contributed by atoms with Crippen LogP contribution in [0.5, 0.6) is 0 Å². The smallest absolute Gasteiger partial charge is 0.246 e. The first kappa shape index (κ1) is 15.7. The lowest BCUT2D eigenvalue weighted by Crippen LogP contribution is -2.64. The Morgan fingerprint density at radius 2 is 1.95 bits per heavy atom. The molecule has 0 radical (unpaired) electrons. The molecule has 0 bridgehead atoms. The molecule has 0 spiro atoms. The van der Waals surface area contributed by atoms with Crippen molar-refractivity contribution in [3.63, 3.8) is 0 Å². The van der Waals surface area contributed by atoms with Crippen LogP contribution >= 0.6 is 12.6 Å². The normalized spacial score (nSPS) is 28.6. The van der Waals surface area contributed by atoms with E-state index in [2.05, 4.69) is 24.9 Å². The molecule has 0 aromatic rings. The first-order valence-corrected chi connectivity index (χ1v) is 8.52. The number of hydrogen-bond donors (Lipinski definition) is 2. The predicted octanol–water partition coefficient (Wildman–Crippen LogP) is 1.99. The van der Waals surface area contributed by atoms with Crippen LogP contribution in [0.1, 0.15) is 51.9 Å². The highest BCUT2D eigenvalue weighted by molar-refractivity contribution is 7.80. The van der Waals surface area contributed by atoms with Gasteiger partial charge in [0.05, 0.1) is 0 Å². The number of hydrogen-bond acceptors (Lipinski definition) is 3. The molecule has 2 amide bonds. The predicted molar refractivity (Wildman–Crippen MR) is 82.8 cm³/mol. The van der Waals surface area contributed by atoms with Crippen molar-refractivity contribution in [1.29, 1.82) is 0 Å². The van der Waals surface area contributed by atoms with E-state index in [0.29, 0.717) is 11.7 Å². The number of carbonyl (C=O) groups is 2. The maximum Gasteiger partial charge on any atom is 0.246 e. The third-order valence-electron chi connectivity index (χ3n) is 4.50. The van der Waals surface area contributed by atoms with E-state index in [4.69, 9.17) is 0 Å². The van der Waals surface area contributed by atoms with Gasteiger partial charge in [0.15, 0.2) is 0 Å². The van der Waals surface area contributed by atoms with Crippen molar-refractivity contribution in [3.05, 3.63) is 0 Å². The minimum Gasteiger partial charge on any atom is -0.342 e. The third-order valence-corrected chi connectivity index (χ3v) is 4.87. The van der Waals surface area contributed by atoms with Crippen LogP contribution in [0, 0.1) is 5.92 Å². The Hall–Kier alpha value is -0.710. The van der Waals surface area contributed by atoms with E-state index < -0.39 is 6.04 Å². The van der Waals surface area contributed by atoms with Gasteiger partial charge in [-0.25, -0.2) is 0 Å². The average molecular weight is 298 g/mol. The molecule has 1 heterocycles. The summed E-state index contributed by atoms with van der Waals surface area (Å²) in [5.41, 5.74) is 0. The third kappa shape index (κ3) is 3.48. The second-order valence-electron chi connectivity index (χ2n) is 6.04. The number of piperazine rings is 1. The Balaban J connectivity index is 2.08. The molecule has 20 heavy (non-hydrogen) atoms. The maximum atomic E-state index is 12.5. The minimum atomic E-state index is -0.442. The molecule has 4 nitrogen and oxygen atoms in total. The topological polar surface area (TPSA) is 49.4 Å². The summed E-state index contributed by atoms with van der Waals surface area (Å²) in [4.78, 5) is 26.6. The largest absolute Gasteiger partial charge is 0.342 e. The van der Waals surface area contributed by atoms with Gasteiger partial charge in [-0.05, 0) is 25.2 Å². The molecule has 1 N–H and O–H groups in total. The Bertz CT molecular complexity index is 356. The van der Waals surface area contributed by atoms with Crippen LogP contribution in [0.25, 0.3) is 0 Å². The molecule has 0 aromatic heterocycles. The van der Waals surface area contributed by atoms with E-state index in [1.165, 1.54) is 32.1 Å². The van der Waals surface area contributed by atoms with Crippen LogP contribution in [0.3, 0.4) is 0 Å². The number of carbonyl (C=O) groups excluding carboxylic acids is 2. The van der Waals surface area contributed by atoms with Gasteiger partial charge in [-0.3, -0.25) is 9.59 Å². The highest BCUT2D eigenvalue weighted by atomic mass is 32.1. The summed E-state index contributed by atoms with van der Waals surface area (Å²) < 4.78 is 0. The lowest BCUT2D eigenvalue weighted by atomic mass is 9.88. The zero-order valence-electron chi connectivity index (χ0n) is 12.3. The molecule has 2 unspecified atom stereocenters. The van der Waals surface area contributed by atoms with Crippen molar-refractivity contribution >= 4 is 24.4 Å². The zero-order valence-corrected chi connectivity index (χ0v) is 13.2. The summed E-state index contributed by atoms with van der Waals surface area (Å²) in [6.45, 7) is 2.81. The average Bonchev–Trinajstić information content (AvgIpc) is 2.47. The molecule has 0 aromatic carbocycles. The monoisotopic (exact) mass is 298 g/mol. The van der Waals surface area contributed by atoms with Gasteiger partial charge in [0.1, 0.15) is 12.1 Å². The number of nitrogens with zero attached hydrogens (tertiary/aromatic N) is 1. The van der Waals surface area contributed by atoms with Gasteiger partial charge >= 0.3 is 0 Å². The van der Waals surface area contributed by atoms with Crippen LogP contribution in [0.2, 0.25) is 0 Å². The van der Waals surface area contributed by atoms with E-state index in [-0.39, 0.29) is 17.9 Å². The molecular weight excluding hydrogens is 272 g/mol. The van der Waals surface area contributed by atoms with Crippen molar-refractivity contribution in [3.8, 4) is 0 Å². The van der Waals surface area contributed by atoms with E-state index in [1.54, 1.807) is 0 Å². The van der Waals surface area contributed by atoms with Crippen LogP contribution < -0.4 is 5.32 Å². The van der Waals surface area contributed by atoms with E-state index in [9.17, 15) is 9.59 Å². The number of nitrogens with one attached hydrogen (secondary N) is 1. The van der Waals surface area contributed by atoms with Crippen molar-refractivity contribution in [2.45, 2.75) is 64.0 Å². The second kappa shape index (κ2) is 7.34. The van der Waals surface area contributed by atoms with Crippen molar-refractivity contribution in [2.24, 2.45) is 5.92 Å². The van der Waals surface area contributed by atoms with Crippen molar-refractivity contribution in [2.75, 3.05) is 12.3 Å². The highest BCUT2D eigenvalue weighted by Crippen LogP contribution is 2.27. The van der Waals surface area contributed by atoms with Crippen LogP contribution in [-0.2, 0) is 9.59 Å². The van der Waals surface area contributed by atoms with Crippen LogP contribution in [-0.4, -0.2) is 41.1 Å². The maximum absolute atomic E-state index is 12.5. The molecule has 1 saturated carbocycles. The Labute approximate surface area is 127 Å². The van der Waals surface area contributed by atoms with E-state index in [0.717, 1.165) is 19.4 Å². The molecule has 1 saturated heterocycles. The fourth-order valence-corrected chi connectivity index (χ4v) is 3.62. The minimum absolute atomic E-state index is 0.00121. The van der Waals surface area contributed by atoms with Gasteiger partial charge in [-0.2, -0.15) is 12.6 Å². The van der Waals surface area contributed by atoms with Crippen LogP contribution in [0.4, 0.5) is 0 Å². The Kier molecular flexibility index (Phi) is 5.75.